The van der Waals surface area contributed by atoms with Gasteiger partial charge in [-0.05, 0) is 68.4 Å². The van der Waals surface area contributed by atoms with Gasteiger partial charge in [0, 0.05) is 6.07 Å². The maximum absolute atomic E-state index is 13.4. The molecule has 34 heavy (non-hydrogen) atoms. The first-order valence-electron chi connectivity index (χ1n) is 10.4. The van der Waals surface area contributed by atoms with Gasteiger partial charge in [0.25, 0.3) is 0 Å². The average molecular weight is 462 g/mol. The number of carbonyl (C=O) groups excluding carboxylic acids is 2. The van der Waals surface area contributed by atoms with Crippen LogP contribution in [0.5, 0.6) is 17.2 Å². The number of hydrogen-bond donors (Lipinski definition) is 0. The van der Waals surface area contributed by atoms with Gasteiger partial charge in [-0.15, -0.1) is 0 Å². The quantitative estimate of drug-likeness (QED) is 0.279. The monoisotopic (exact) mass is 462 g/mol. The largest absolute Gasteiger partial charge is 0.462 e. The number of ether oxygens (including phenoxy) is 3. The van der Waals surface area contributed by atoms with Crippen LogP contribution in [0, 0.1) is 12.7 Å². The third-order valence-electron chi connectivity index (χ3n) is 4.84. The van der Waals surface area contributed by atoms with Crippen LogP contribution < -0.4 is 14.9 Å². The van der Waals surface area contributed by atoms with Gasteiger partial charge in [-0.25, -0.2) is 14.0 Å². The molecule has 4 aromatic rings. The summed E-state index contributed by atoms with van der Waals surface area (Å²) in [6, 6.07) is 15.6. The summed E-state index contributed by atoms with van der Waals surface area (Å²) in [6.07, 6.45) is 0. The van der Waals surface area contributed by atoms with Crippen LogP contribution in [0.15, 0.2) is 75.9 Å². The van der Waals surface area contributed by atoms with Crippen LogP contribution in [0.3, 0.4) is 0 Å². The summed E-state index contributed by atoms with van der Waals surface area (Å²) in [5.74, 6) is -1.09. The molecule has 0 saturated heterocycles. The second kappa shape index (κ2) is 9.58. The topological polar surface area (TPSA) is 92.0 Å². The van der Waals surface area contributed by atoms with E-state index in [9.17, 15) is 18.8 Å². The summed E-state index contributed by atoms with van der Waals surface area (Å²) in [7, 11) is 0. The van der Waals surface area contributed by atoms with Crippen molar-refractivity contribution in [2.75, 3.05) is 6.61 Å². The zero-order valence-electron chi connectivity index (χ0n) is 18.3. The van der Waals surface area contributed by atoms with Crippen LogP contribution >= 0.6 is 0 Å². The number of halogens is 1. The Morgan fingerprint density at radius 1 is 0.912 bits per heavy atom. The normalized spacial score (nSPS) is 10.7. The lowest BCUT2D eigenvalue weighted by Crippen LogP contribution is -2.10. The fourth-order valence-electron chi connectivity index (χ4n) is 3.22. The number of esters is 2. The van der Waals surface area contributed by atoms with E-state index in [2.05, 4.69) is 0 Å². The number of rotatable bonds is 6. The minimum atomic E-state index is -0.746. The number of fused-ring (bicyclic) bond motifs is 1. The van der Waals surface area contributed by atoms with Crippen LogP contribution in [-0.4, -0.2) is 18.5 Å². The molecular weight excluding hydrogens is 443 g/mol. The Kier molecular flexibility index (Phi) is 6.40. The summed E-state index contributed by atoms with van der Waals surface area (Å²) in [5.41, 5.74) is 0.181. The first-order valence-corrected chi connectivity index (χ1v) is 10.4. The molecule has 0 aliphatic rings. The van der Waals surface area contributed by atoms with Gasteiger partial charge in [0.05, 0.1) is 23.1 Å². The SMILES string of the molecule is CCOC(=O)c1ccc(Oc2c(C)oc3cc(OC(=O)c4cccc(F)c4)ccc3c2=O)cc1. The maximum atomic E-state index is 13.4. The Morgan fingerprint density at radius 2 is 1.65 bits per heavy atom. The van der Waals surface area contributed by atoms with E-state index in [4.69, 9.17) is 18.6 Å². The smallest absolute Gasteiger partial charge is 0.343 e. The van der Waals surface area contributed by atoms with E-state index in [1.165, 1.54) is 48.5 Å². The van der Waals surface area contributed by atoms with Gasteiger partial charge in [0.15, 0.2) is 0 Å². The highest BCUT2D eigenvalue weighted by Gasteiger charge is 2.16. The molecule has 0 aliphatic carbocycles. The molecule has 0 spiro atoms. The third-order valence-corrected chi connectivity index (χ3v) is 4.84. The summed E-state index contributed by atoms with van der Waals surface area (Å²) >= 11 is 0. The number of hydrogen-bond acceptors (Lipinski definition) is 7. The molecule has 0 aliphatic heterocycles. The summed E-state index contributed by atoms with van der Waals surface area (Å²) in [4.78, 5) is 37.0. The first kappa shape index (κ1) is 22.7. The van der Waals surface area contributed by atoms with Gasteiger partial charge in [0.1, 0.15) is 28.7 Å². The Morgan fingerprint density at radius 3 is 2.35 bits per heavy atom. The van der Waals surface area contributed by atoms with E-state index < -0.39 is 23.2 Å². The lowest BCUT2D eigenvalue weighted by molar-refractivity contribution is 0.0526. The van der Waals surface area contributed by atoms with E-state index in [0.717, 1.165) is 6.07 Å². The molecule has 172 valence electrons. The molecule has 1 heterocycles. The minimum Gasteiger partial charge on any atom is -0.462 e. The lowest BCUT2D eigenvalue weighted by Gasteiger charge is -2.10. The maximum Gasteiger partial charge on any atom is 0.343 e. The van der Waals surface area contributed by atoms with E-state index >= 15 is 0 Å². The predicted octanol–water partition coefficient (Wildman–Crippen LogP) is 5.43. The van der Waals surface area contributed by atoms with Gasteiger partial charge >= 0.3 is 11.9 Å². The molecule has 0 unspecified atom stereocenters. The zero-order chi connectivity index (χ0) is 24.2. The van der Waals surface area contributed by atoms with E-state index in [1.54, 1.807) is 26.0 Å². The molecule has 0 fully saturated rings. The Labute approximate surface area is 193 Å². The average Bonchev–Trinajstić information content (AvgIpc) is 2.82. The van der Waals surface area contributed by atoms with Crippen molar-refractivity contribution in [3.63, 3.8) is 0 Å². The molecule has 0 amide bonds. The van der Waals surface area contributed by atoms with Crippen molar-refractivity contribution < 1.29 is 32.6 Å². The molecule has 8 heteroatoms. The Bertz CT molecular complexity index is 1440. The zero-order valence-corrected chi connectivity index (χ0v) is 18.3. The van der Waals surface area contributed by atoms with Crippen LogP contribution in [0.25, 0.3) is 11.0 Å². The van der Waals surface area contributed by atoms with Crippen LogP contribution in [0.4, 0.5) is 4.39 Å². The van der Waals surface area contributed by atoms with Gasteiger partial charge in [0.2, 0.25) is 11.2 Å². The Balaban J connectivity index is 1.58. The molecule has 3 aromatic carbocycles. The highest BCUT2D eigenvalue weighted by Crippen LogP contribution is 2.28. The molecule has 0 atom stereocenters. The highest BCUT2D eigenvalue weighted by atomic mass is 19.1. The molecule has 7 nitrogen and oxygen atoms in total. The van der Waals surface area contributed by atoms with Crippen LogP contribution in [0.2, 0.25) is 0 Å². The summed E-state index contributed by atoms with van der Waals surface area (Å²) in [6.45, 7) is 3.54. The molecule has 0 bridgehead atoms. The number of aryl methyl sites for hydroxylation is 1. The van der Waals surface area contributed by atoms with Crippen molar-refractivity contribution in [3.05, 3.63) is 99.7 Å². The fourth-order valence-corrected chi connectivity index (χ4v) is 3.22. The second-order valence-electron chi connectivity index (χ2n) is 7.22. The standard InChI is InChI=1S/C26H19FO7/c1-3-31-25(29)16-7-9-19(10-8-16)33-24-15(2)32-22-14-20(11-12-21(22)23(24)28)34-26(30)17-5-4-6-18(27)13-17/h4-14H,3H2,1-2H3. The first-order chi connectivity index (χ1) is 16.4. The van der Waals surface area contributed by atoms with Crippen molar-refractivity contribution in [3.8, 4) is 17.2 Å². The number of carbonyl (C=O) groups is 2. The van der Waals surface area contributed by atoms with Crippen molar-refractivity contribution in [2.24, 2.45) is 0 Å². The molecule has 0 radical (unpaired) electrons. The fraction of sp³-hybridized carbons (Fsp3) is 0.115. The second-order valence-corrected chi connectivity index (χ2v) is 7.22. The van der Waals surface area contributed by atoms with Crippen molar-refractivity contribution >= 4 is 22.9 Å². The lowest BCUT2D eigenvalue weighted by atomic mass is 10.2. The van der Waals surface area contributed by atoms with E-state index in [0.29, 0.717) is 11.3 Å². The molecule has 0 saturated carbocycles. The molecule has 1 aromatic heterocycles. The van der Waals surface area contributed by atoms with E-state index in [-0.39, 0.29) is 40.4 Å². The van der Waals surface area contributed by atoms with Crippen molar-refractivity contribution in [2.45, 2.75) is 13.8 Å². The van der Waals surface area contributed by atoms with Crippen LogP contribution in [-0.2, 0) is 4.74 Å². The minimum absolute atomic E-state index is 0.0131. The summed E-state index contributed by atoms with van der Waals surface area (Å²) < 4.78 is 35.0. The highest BCUT2D eigenvalue weighted by molar-refractivity contribution is 5.92. The van der Waals surface area contributed by atoms with Gasteiger partial charge in [-0.3, -0.25) is 4.79 Å². The van der Waals surface area contributed by atoms with E-state index in [1.807, 2.05) is 0 Å². The molecular formula is C26H19FO7. The predicted molar refractivity (Wildman–Crippen MR) is 121 cm³/mol. The van der Waals surface area contributed by atoms with Gasteiger partial charge in [-0.2, -0.15) is 0 Å². The van der Waals surface area contributed by atoms with Gasteiger partial charge in [-0.1, -0.05) is 6.07 Å². The van der Waals surface area contributed by atoms with Crippen molar-refractivity contribution in [1.29, 1.82) is 0 Å². The number of benzene rings is 3. The third kappa shape index (κ3) is 4.80. The summed E-state index contributed by atoms with van der Waals surface area (Å²) in [5, 5.41) is 0.217. The molecule has 0 N–H and O–H groups in total. The Hall–Kier alpha value is -4.46. The van der Waals surface area contributed by atoms with Crippen LogP contribution in [0.1, 0.15) is 33.4 Å². The molecule has 4 rings (SSSR count). The van der Waals surface area contributed by atoms with Gasteiger partial charge < -0.3 is 18.6 Å². The van der Waals surface area contributed by atoms with Crippen molar-refractivity contribution in [1.82, 2.24) is 0 Å².